The van der Waals surface area contributed by atoms with E-state index >= 15 is 0 Å². The Morgan fingerprint density at radius 3 is 2.42 bits per heavy atom. The first kappa shape index (κ1) is 21.3. The van der Waals surface area contributed by atoms with Crippen LogP contribution in [0.1, 0.15) is 46.3 Å². The van der Waals surface area contributed by atoms with Gasteiger partial charge in [0.25, 0.3) is 0 Å². The highest BCUT2D eigenvalue weighted by atomic mass is 79.9. The highest BCUT2D eigenvalue weighted by molar-refractivity contribution is 9.10. The third-order valence-corrected chi connectivity index (χ3v) is 10.8. The van der Waals surface area contributed by atoms with Crippen LogP contribution in [0.4, 0.5) is 0 Å². The summed E-state index contributed by atoms with van der Waals surface area (Å²) in [6.07, 6.45) is -0.147. The summed E-state index contributed by atoms with van der Waals surface area (Å²) < 4.78 is 24.5. The first-order valence-corrected chi connectivity index (χ1v) is 12.6. The average Bonchev–Trinajstić information content (AvgIpc) is 2.98. The van der Waals surface area contributed by atoms with Crippen LogP contribution in [0.5, 0.6) is 17.2 Å². The minimum atomic E-state index is -2.01. The quantitative estimate of drug-likeness (QED) is 0.373. The second-order valence-electron chi connectivity index (χ2n) is 8.48. The standard InChI is InChI=1S/C20H31BrO4Si/c1-12(2)13(3)17(25-26(8,9)20(4,5)6)14-10-15-18(24-11-23-15)19(22-7)16(14)21/h10,13,17H,1,11H2,2-9H3/t13-,17+/m0/s1. The van der Waals surface area contributed by atoms with E-state index in [1.165, 1.54) is 0 Å². The smallest absolute Gasteiger partial charge is 0.231 e. The maximum atomic E-state index is 6.85. The Balaban J connectivity index is 2.58. The molecule has 0 aromatic heterocycles. The van der Waals surface area contributed by atoms with Crippen LogP contribution in [-0.2, 0) is 4.43 Å². The fourth-order valence-corrected chi connectivity index (χ4v) is 4.59. The average molecular weight is 443 g/mol. The molecule has 1 aliphatic heterocycles. The maximum absolute atomic E-state index is 6.85. The fourth-order valence-electron chi connectivity index (χ4n) is 2.59. The fraction of sp³-hybridized carbons (Fsp3) is 0.600. The molecule has 26 heavy (non-hydrogen) atoms. The second-order valence-corrected chi connectivity index (χ2v) is 14.0. The Bertz CT molecular complexity index is 694. The molecule has 1 aliphatic rings. The van der Waals surface area contributed by atoms with E-state index in [1.54, 1.807) is 7.11 Å². The summed E-state index contributed by atoms with van der Waals surface area (Å²) in [6, 6.07) is 2.01. The van der Waals surface area contributed by atoms with Crippen LogP contribution in [0, 0.1) is 5.92 Å². The Morgan fingerprint density at radius 2 is 1.92 bits per heavy atom. The summed E-state index contributed by atoms with van der Waals surface area (Å²) >= 11 is 3.72. The highest BCUT2D eigenvalue weighted by Crippen LogP contribution is 2.52. The molecule has 1 heterocycles. The van der Waals surface area contributed by atoms with Gasteiger partial charge in [-0.25, -0.2) is 0 Å². The monoisotopic (exact) mass is 442 g/mol. The van der Waals surface area contributed by atoms with E-state index in [0.29, 0.717) is 17.2 Å². The van der Waals surface area contributed by atoms with E-state index in [4.69, 9.17) is 18.6 Å². The van der Waals surface area contributed by atoms with Crippen molar-refractivity contribution in [3.63, 3.8) is 0 Å². The molecule has 0 saturated heterocycles. The van der Waals surface area contributed by atoms with Gasteiger partial charge >= 0.3 is 0 Å². The van der Waals surface area contributed by atoms with Gasteiger partial charge in [0.2, 0.25) is 12.5 Å². The van der Waals surface area contributed by atoms with Crippen LogP contribution in [0.2, 0.25) is 18.1 Å². The molecule has 0 radical (unpaired) electrons. The van der Waals surface area contributed by atoms with Gasteiger partial charge in [-0.2, -0.15) is 0 Å². The topological polar surface area (TPSA) is 36.9 Å². The number of methoxy groups -OCH3 is 1. The number of rotatable bonds is 6. The van der Waals surface area contributed by atoms with Gasteiger partial charge in [-0.3, -0.25) is 0 Å². The van der Waals surface area contributed by atoms with Crippen molar-refractivity contribution in [2.75, 3.05) is 13.9 Å². The van der Waals surface area contributed by atoms with Crippen molar-refractivity contribution in [1.29, 1.82) is 0 Å². The van der Waals surface area contributed by atoms with E-state index in [0.717, 1.165) is 15.6 Å². The predicted molar refractivity (Wildman–Crippen MR) is 112 cm³/mol. The van der Waals surface area contributed by atoms with Gasteiger partial charge in [0.1, 0.15) is 0 Å². The Morgan fingerprint density at radius 1 is 1.31 bits per heavy atom. The molecule has 0 aliphatic carbocycles. The van der Waals surface area contributed by atoms with Gasteiger partial charge in [0, 0.05) is 11.5 Å². The zero-order valence-electron chi connectivity index (χ0n) is 17.2. The SMILES string of the molecule is C=C(C)[C@H](C)[C@@H](O[Si](C)(C)C(C)(C)C)c1cc2c(c(OC)c1Br)OCO2. The summed E-state index contributed by atoms with van der Waals surface area (Å²) in [5.74, 6) is 2.12. The minimum Gasteiger partial charge on any atom is -0.492 e. The third-order valence-electron chi connectivity index (χ3n) is 5.56. The number of halogens is 1. The zero-order valence-corrected chi connectivity index (χ0v) is 19.7. The van der Waals surface area contributed by atoms with Gasteiger partial charge in [-0.05, 0) is 47.1 Å². The lowest BCUT2D eigenvalue weighted by atomic mass is 9.92. The van der Waals surface area contributed by atoms with Gasteiger partial charge in [-0.15, -0.1) is 0 Å². The predicted octanol–water partition coefficient (Wildman–Crippen LogP) is 6.46. The molecule has 6 heteroatoms. The summed E-state index contributed by atoms with van der Waals surface area (Å²) in [5.41, 5.74) is 2.09. The molecule has 4 nitrogen and oxygen atoms in total. The zero-order chi connectivity index (χ0) is 19.9. The molecule has 0 saturated carbocycles. The molecule has 1 aromatic carbocycles. The molecule has 1 aromatic rings. The van der Waals surface area contributed by atoms with Crippen LogP contribution in [-0.4, -0.2) is 22.2 Å². The summed E-state index contributed by atoms with van der Waals surface area (Å²) in [4.78, 5) is 0. The van der Waals surface area contributed by atoms with Crippen LogP contribution in [0.3, 0.4) is 0 Å². The van der Waals surface area contributed by atoms with Crippen molar-refractivity contribution >= 4 is 24.2 Å². The van der Waals surface area contributed by atoms with Crippen molar-refractivity contribution in [3.05, 3.63) is 28.3 Å². The summed E-state index contributed by atoms with van der Waals surface area (Å²) in [5, 5.41) is 0.104. The molecule has 2 rings (SSSR count). The first-order valence-electron chi connectivity index (χ1n) is 8.90. The van der Waals surface area contributed by atoms with Crippen molar-refractivity contribution < 1.29 is 18.6 Å². The van der Waals surface area contributed by atoms with Gasteiger partial charge in [0.05, 0.1) is 17.7 Å². The molecule has 146 valence electrons. The largest absolute Gasteiger partial charge is 0.492 e. The van der Waals surface area contributed by atoms with Crippen LogP contribution < -0.4 is 14.2 Å². The second kappa shape index (κ2) is 7.56. The highest BCUT2D eigenvalue weighted by Gasteiger charge is 2.42. The lowest BCUT2D eigenvalue weighted by Crippen LogP contribution is -2.43. The van der Waals surface area contributed by atoms with E-state index in [2.05, 4.69) is 63.3 Å². The molecule has 0 bridgehead atoms. The molecule has 0 fully saturated rings. The molecule has 0 unspecified atom stereocenters. The molecule has 0 N–H and O–H groups in total. The van der Waals surface area contributed by atoms with Crippen LogP contribution >= 0.6 is 15.9 Å². The molecule has 0 amide bonds. The van der Waals surface area contributed by atoms with Gasteiger partial charge in [0.15, 0.2) is 19.8 Å². The van der Waals surface area contributed by atoms with E-state index < -0.39 is 8.32 Å². The van der Waals surface area contributed by atoms with Crippen molar-refractivity contribution in [3.8, 4) is 17.2 Å². The number of ether oxygens (including phenoxy) is 3. The Hall–Kier alpha value is -0.983. The van der Waals surface area contributed by atoms with Crippen molar-refractivity contribution in [2.45, 2.75) is 58.9 Å². The van der Waals surface area contributed by atoms with E-state index in [9.17, 15) is 0 Å². The van der Waals surface area contributed by atoms with Crippen LogP contribution in [0.15, 0.2) is 22.7 Å². The number of fused-ring (bicyclic) bond motifs is 1. The number of hydrogen-bond donors (Lipinski definition) is 0. The maximum Gasteiger partial charge on any atom is 0.231 e. The van der Waals surface area contributed by atoms with Gasteiger partial charge in [-0.1, -0.05) is 39.8 Å². The lowest BCUT2D eigenvalue weighted by Gasteiger charge is -2.41. The summed E-state index contributed by atoms with van der Waals surface area (Å²) in [7, 11) is -0.374. The van der Waals surface area contributed by atoms with Crippen molar-refractivity contribution in [1.82, 2.24) is 0 Å². The molecular weight excluding hydrogens is 412 g/mol. The van der Waals surface area contributed by atoms with Crippen LogP contribution in [0.25, 0.3) is 0 Å². The Kier molecular flexibility index (Phi) is 6.20. The van der Waals surface area contributed by atoms with E-state index in [-0.39, 0.29) is 23.9 Å². The molecule has 0 spiro atoms. The lowest BCUT2D eigenvalue weighted by molar-refractivity contribution is 0.141. The number of benzene rings is 1. The summed E-state index contributed by atoms with van der Waals surface area (Å²) in [6.45, 7) is 19.8. The Labute approximate surface area is 167 Å². The van der Waals surface area contributed by atoms with Crippen molar-refractivity contribution in [2.24, 2.45) is 5.92 Å². The van der Waals surface area contributed by atoms with Gasteiger partial charge < -0.3 is 18.6 Å². The molecule has 2 atom stereocenters. The third kappa shape index (κ3) is 3.97. The molecular formula is C20H31BrO4Si. The minimum absolute atomic E-state index is 0.104. The normalized spacial score (nSPS) is 16.3. The van der Waals surface area contributed by atoms with E-state index in [1.807, 2.05) is 13.0 Å². The number of hydrogen-bond acceptors (Lipinski definition) is 4. The first-order chi connectivity index (χ1) is 11.9.